The lowest BCUT2D eigenvalue weighted by atomic mass is 9.94. The Morgan fingerprint density at radius 2 is 0.949 bits per heavy atom. The highest BCUT2D eigenvalue weighted by Gasteiger charge is 2.32. The monoisotopic (exact) mass is 779 g/mol. The molecule has 0 amide bonds. The van der Waals surface area contributed by atoms with Gasteiger partial charge in [-0.2, -0.15) is 0 Å². The van der Waals surface area contributed by atoms with Crippen LogP contribution in [0.2, 0.25) is 0 Å². The van der Waals surface area contributed by atoms with Gasteiger partial charge in [-0.25, -0.2) is 9.98 Å². The first kappa shape index (κ1) is 36.7. The summed E-state index contributed by atoms with van der Waals surface area (Å²) in [7, 11) is 6.45. The Morgan fingerprint density at radius 3 is 1.44 bits per heavy atom. The maximum absolute atomic E-state index is 13.6. The lowest BCUT2D eigenvalue weighted by molar-refractivity contribution is -0.385. The summed E-state index contributed by atoms with van der Waals surface area (Å²) in [6.07, 6.45) is 9.48. The van der Waals surface area contributed by atoms with Crippen molar-refractivity contribution in [2.45, 2.75) is 0 Å². The molecule has 0 saturated heterocycles. The summed E-state index contributed by atoms with van der Waals surface area (Å²) < 4.78 is 22.6. The van der Waals surface area contributed by atoms with E-state index >= 15 is 0 Å². The van der Waals surface area contributed by atoms with Gasteiger partial charge >= 0.3 is 5.69 Å². The van der Waals surface area contributed by atoms with Crippen molar-refractivity contribution in [1.82, 2.24) is 9.97 Å². The number of hydrogen-bond acceptors (Lipinski definition) is 8. The van der Waals surface area contributed by atoms with E-state index < -0.39 is 0 Å². The number of hydrogen-bond donors (Lipinski definition) is 2. The fourth-order valence-corrected chi connectivity index (χ4v) is 7.81. The number of benzene rings is 4. The zero-order valence-corrected chi connectivity index (χ0v) is 32.6. The number of methoxy groups -OCH3 is 4. The Labute approximate surface area is 339 Å². The molecule has 0 atom stereocenters. The van der Waals surface area contributed by atoms with Gasteiger partial charge in [-0.3, -0.25) is 10.1 Å². The highest BCUT2D eigenvalue weighted by molar-refractivity contribution is 6.35. The third kappa shape index (κ3) is 6.64. The van der Waals surface area contributed by atoms with Crippen molar-refractivity contribution in [2.75, 3.05) is 28.4 Å². The molecule has 3 aliphatic heterocycles. The van der Waals surface area contributed by atoms with Crippen LogP contribution in [0.15, 0.2) is 161 Å². The van der Waals surface area contributed by atoms with E-state index in [2.05, 4.69) is 9.97 Å². The first-order valence-corrected chi connectivity index (χ1v) is 18.8. The Hall–Kier alpha value is -7.92. The maximum Gasteiger partial charge on any atom is 0.302 e. The average molecular weight is 780 g/mol. The second kappa shape index (κ2) is 15.2. The van der Waals surface area contributed by atoms with E-state index in [0.29, 0.717) is 79.0 Å². The van der Waals surface area contributed by atoms with Crippen molar-refractivity contribution in [3.05, 3.63) is 205 Å². The molecule has 2 aromatic heterocycles. The molecule has 11 nitrogen and oxygen atoms in total. The van der Waals surface area contributed by atoms with E-state index in [4.69, 9.17) is 28.9 Å². The fraction of sp³-hybridized carbons (Fsp3) is 0.0833. The molecule has 2 N–H and O–H groups in total. The summed E-state index contributed by atoms with van der Waals surface area (Å²) in [4.78, 5) is 30.8. The number of aromatic amines is 2. The molecule has 9 rings (SSSR count). The number of H-pyrrole nitrogens is 2. The molecule has 4 aromatic carbocycles. The number of nitro groups is 1. The molecule has 59 heavy (non-hydrogen) atoms. The van der Waals surface area contributed by atoms with Gasteiger partial charge in [0, 0.05) is 39.2 Å². The van der Waals surface area contributed by atoms with Crippen molar-refractivity contribution >= 4 is 39.4 Å². The normalized spacial score (nSPS) is 14.4. The molecule has 6 aromatic rings. The molecule has 5 heterocycles. The smallest absolute Gasteiger partial charge is 0.302 e. The van der Waals surface area contributed by atoms with E-state index in [1.807, 2.05) is 133 Å². The first-order valence-electron chi connectivity index (χ1n) is 18.8. The lowest BCUT2D eigenvalue weighted by Gasteiger charge is -2.13. The van der Waals surface area contributed by atoms with Gasteiger partial charge in [0.2, 0.25) is 0 Å². The van der Waals surface area contributed by atoms with Crippen LogP contribution in [0.1, 0.15) is 33.5 Å². The number of rotatable bonds is 9. The second-order valence-electron chi connectivity index (χ2n) is 13.8. The molecule has 290 valence electrons. The minimum Gasteiger partial charge on any atom is -0.497 e. The standard InChI is InChI=1S/C48H37N5O6/c1-56-32-13-5-9-28(23-32)43-36-27-49-47(48(36)53(54)55)46(31-12-8-16-35(26-31)59-4)42-22-21-41(52-42)45(30-11-7-15-34(25-30)58-3)40-20-19-39(51-40)44(38-18-17-37(43)50-38)29-10-6-14-33(24-29)57-2/h5-27,49-50H,1-4H3. The SMILES string of the molecule is COc1cccc(C2=C3C=CC(=N3)C(c3cccc(OC)c3)=c3ccc([nH]3)=C(c3cccc(OC)c3)c3c[nH]c(c3[N+](=O)[O-])C(c3cccc(OC)c3)=C3C=CC2=N3)c1. The zero-order valence-electron chi connectivity index (χ0n) is 32.6. The summed E-state index contributed by atoms with van der Waals surface area (Å²) in [5.41, 5.74) is 8.77. The van der Waals surface area contributed by atoms with Gasteiger partial charge in [-0.05, 0) is 107 Å². The van der Waals surface area contributed by atoms with Gasteiger partial charge < -0.3 is 28.9 Å². The van der Waals surface area contributed by atoms with Crippen LogP contribution in [0.3, 0.4) is 0 Å². The van der Waals surface area contributed by atoms with Crippen LogP contribution in [-0.2, 0) is 0 Å². The summed E-state index contributed by atoms with van der Waals surface area (Å²) in [5, 5.41) is 15.0. The molecule has 0 spiro atoms. The lowest BCUT2D eigenvalue weighted by Crippen LogP contribution is -2.19. The highest BCUT2D eigenvalue weighted by Crippen LogP contribution is 2.42. The van der Waals surface area contributed by atoms with E-state index in [1.165, 1.54) is 0 Å². The Morgan fingerprint density at radius 1 is 0.525 bits per heavy atom. The largest absolute Gasteiger partial charge is 0.497 e. The van der Waals surface area contributed by atoms with Crippen LogP contribution in [-0.4, -0.2) is 54.8 Å². The van der Waals surface area contributed by atoms with E-state index in [1.54, 1.807) is 34.6 Å². The van der Waals surface area contributed by atoms with Crippen molar-refractivity contribution in [2.24, 2.45) is 9.98 Å². The summed E-state index contributed by atoms with van der Waals surface area (Å²) in [6.45, 7) is 0. The Balaban J connectivity index is 1.46. The van der Waals surface area contributed by atoms with Crippen LogP contribution < -0.4 is 29.6 Å². The number of nitrogens with one attached hydrogen (secondary N) is 2. The summed E-state index contributed by atoms with van der Waals surface area (Å²) in [5.74, 6) is 2.54. The molecule has 0 fully saturated rings. The van der Waals surface area contributed by atoms with Gasteiger partial charge in [-0.1, -0.05) is 48.5 Å². The molecule has 11 heteroatoms. The van der Waals surface area contributed by atoms with Crippen LogP contribution in [0.5, 0.6) is 23.0 Å². The summed E-state index contributed by atoms with van der Waals surface area (Å²) >= 11 is 0. The van der Waals surface area contributed by atoms with Crippen molar-refractivity contribution in [3.8, 4) is 23.0 Å². The molecule has 8 bridgehead atoms. The predicted octanol–water partition coefficient (Wildman–Crippen LogP) is 7.94. The van der Waals surface area contributed by atoms with Gasteiger partial charge in [0.25, 0.3) is 0 Å². The van der Waals surface area contributed by atoms with E-state index in [0.717, 1.165) is 27.6 Å². The quantitative estimate of drug-likeness (QED) is 0.113. The highest BCUT2D eigenvalue weighted by atomic mass is 16.6. The van der Waals surface area contributed by atoms with Gasteiger partial charge in [0.15, 0.2) is 0 Å². The molecule has 3 aliphatic rings. The van der Waals surface area contributed by atoms with Crippen molar-refractivity contribution in [3.63, 3.8) is 0 Å². The predicted molar refractivity (Wildman–Crippen MR) is 230 cm³/mol. The number of aromatic nitrogens is 2. The fourth-order valence-electron chi connectivity index (χ4n) is 7.81. The van der Waals surface area contributed by atoms with Gasteiger partial charge in [0.1, 0.15) is 28.7 Å². The van der Waals surface area contributed by atoms with Crippen molar-refractivity contribution < 1.29 is 23.9 Å². The maximum atomic E-state index is 13.6. The Kier molecular flexibility index (Phi) is 9.46. The molecule has 0 unspecified atom stereocenters. The molecule has 0 radical (unpaired) electrons. The first-order chi connectivity index (χ1) is 28.9. The third-order valence-electron chi connectivity index (χ3n) is 10.5. The van der Waals surface area contributed by atoms with Crippen LogP contribution in [0, 0.1) is 10.1 Å². The molecule has 0 aliphatic carbocycles. The average Bonchev–Trinajstić information content (AvgIpc) is 4.11. The Bertz CT molecular complexity index is 3030. The molecule has 0 saturated carbocycles. The third-order valence-corrected chi connectivity index (χ3v) is 10.5. The van der Waals surface area contributed by atoms with Crippen LogP contribution in [0.25, 0.3) is 22.3 Å². The molecular formula is C48H37N5O6. The van der Waals surface area contributed by atoms with Crippen molar-refractivity contribution in [1.29, 1.82) is 0 Å². The van der Waals surface area contributed by atoms with Gasteiger partial charge in [-0.15, -0.1) is 0 Å². The minimum atomic E-state index is -0.339. The number of fused-ring (bicyclic) bond motifs is 6. The van der Waals surface area contributed by atoms with Crippen LogP contribution >= 0.6 is 0 Å². The minimum absolute atomic E-state index is 0.122. The van der Waals surface area contributed by atoms with Crippen LogP contribution in [0.4, 0.5) is 5.69 Å². The van der Waals surface area contributed by atoms with E-state index in [-0.39, 0.29) is 16.3 Å². The number of ether oxygens (including phenoxy) is 4. The zero-order chi connectivity index (χ0) is 40.6. The second-order valence-corrected chi connectivity index (χ2v) is 13.8. The van der Waals surface area contributed by atoms with Gasteiger partial charge in [0.05, 0.1) is 61.7 Å². The number of allylic oxidation sites excluding steroid dienone is 5. The number of aliphatic imine (C=N–C) groups is 2. The summed E-state index contributed by atoms with van der Waals surface area (Å²) in [6, 6.07) is 34.4. The topological polar surface area (TPSA) is 136 Å². The molecular weight excluding hydrogens is 743 g/mol. The van der Waals surface area contributed by atoms with E-state index in [9.17, 15) is 10.1 Å². The number of nitrogens with zero attached hydrogens (tertiary/aromatic N) is 3.